The molecule has 2 N–H and O–H groups in total. The molecular weight excluding hydrogens is 248 g/mol. The molecule has 3 heteroatoms. The Balaban J connectivity index is 2.06. The Kier molecular flexibility index (Phi) is 5.44. The average molecular weight is 276 g/mol. The van der Waals surface area contributed by atoms with Crippen molar-refractivity contribution in [2.24, 2.45) is 5.73 Å². The van der Waals surface area contributed by atoms with E-state index in [1.807, 2.05) is 6.07 Å². The van der Waals surface area contributed by atoms with Crippen molar-refractivity contribution < 1.29 is 4.74 Å². The number of hydrogen-bond acceptors (Lipinski definition) is 3. The molecule has 20 heavy (non-hydrogen) atoms. The maximum atomic E-state index is 6.08. The molecule has 1 fully saturated rings. The van der Waals surface area contributed by atoms with E-state index in [0.717, 1.165) is 25.2 Å². The van der Waals surface area contributed by atoms with Crippen LogP contribution in [-0.4, -0.2) is 36.7 Å². The average Bonchev–Trinajstić information content (AvgIpc) is 3.00. The van der Waals surface area contributed by atoms with E-state index in [4.69, 9.17) is 10.5 Å². The van der Waals surface area contributed by atoms with Gasteiger partial charge in [-0.25, -0.2) is 0 Å². The second-order valence-electron chi connectivity index (χ2n) is 6.07. The van der Waals surface area contributed by atoms with Gasteiger partial charge in [0.05, 0.1) is 6.61 Å². The van der Waals surface area contributed by atoms with Crippen LogP contribution in [0.1, 0.15) is 38.7 Å². The van der Waals surface area contributed by atoms with Gasteiger partial charge in [-0.2, -0.15) is 0 Å². The second-order valence-corrected chi connectivity index (χ2v) is 6.07. The summed E-state index contributed by atoms with van der Waals surface area (Å²) in [7, 11) is 0. The Morgan fingerprint density at radius 2 is 2.05 bits per heavy atom. The van der Waals surface area contributed by atoms with Gasteiger partial charge in [-0.15, -0.1) is 0 Å². The molecule has 1 heterocycles. The predicted molar refractivity (Wildman–Crippen MR) is 84.2 cm³/mol. The van der Waals surface area contributed by atoms with E-state index in [-0.39, 0.29) is 5.54 Å². The predicted octanol–water partition coefficient (Wildman–Crippen LogP) is 2.83. The molecule has 1 aromatic carbocycles. The van der Waals surface area contributed by atoms with Gasteiger partial charge in [-0.1, -0.05) is 19.1 Å². The largest absolute Gasteiger partial charge is 0.494 e. The molecule has 0 amide bonds. The van der Waals surface area contributed by atoms with Crippen LogP contribution in [0.15, 0.2) is 24.3 Å². The van der Waals surface area contributed by atoms with Crippen molar-refractivity contribution in [3.8, 4) is 5.75 Å². The van der Waals surface area contributed by atoms with Crippen molar-refractivity contribution in [1.29, 1.82) is 0 Å². The Morgan fingerprint density at radius 3 is 2.70 bits per heavy atom. The van der Waals surface area contributed by atoms with Crippen molar-refractivity contribution in [3.63, 3.8) is 0 Å². The Hall–Kier alpha value is -1.06. The van der Waals surface area contributed by atoms with E-state index in [0.29, 0.717) is 6.54 Å². The van der Waals surface area contributed by atoms with Crippen LogP contribution < -0.4 is 10.5 Å². The maximum absolute atomic E-state index is 6.08. The molecule has 1 unspecified atom stereocenters. The summed E-state index contributed by atoms with van der Waals surface area (Å²) in [6, 6.07) is 8.47. The summed E-state index contributed by atoms with van der Waals surface area (Å²) in [4.78, 5) is 2.55. The third-order valence-electron chi connectivity index (χ3n) is 4.27. The lowest BCUT2D eigenvalue weighted by Crippen LogP contribution is -2.51. The van der Waals surface area contributed by atoms with Gasteiger partial charge in [-0.3, -0.25) is 4.90 Å². The minimum absolute atomic E-state index is 0.0693. The first-order valence-electron chi connectivity index (χ1n) is 7.85. The Labute approximate surface area is 123 Å². The SMILES string of the molecule is CCCOc1cccc(CC(C)(CN)N2CCCC2)c1. The van der Waals surface area contributed by atoms with Crippen molar-refractivity contribution in [2.45, 2.75) is 45.1 Å². The molecule has 0 spiro atoms. The van der Waals surface area contributed by atoms with E-state index < -0.39 is 0 Å². The van der Waals surface area contributed by atoms with E-state index in [1.54, 1.807) is 0 Å². The smallest absolute Gasteiger partial charge is 0.119 e. The lowest BCUT2D eigenvalue weighted by Gasteiger charge is -2.38. The van der Waals surface area contributed by atoms with E-state index in [2.05, 4.69) is 36.9 Å². The van der Waals surface area contributed by atoms with Crippen LogP contribution in [0.3, 0.4) is 0 Å². The lowest BCUT2D eigenvalue weighted by atomic mass is 9.91. The van der Waals surface area contributed by atoms with E-state index in [1.165, 1.54) is 31.5 Å². The second kappa shape index (κ2) is 7.09. The number of likely N-dealkylation sites (tertiary alicyclic amines) is 1. The molecule has 3 nitrogen and oxygen atoms in total. The molecule has 0 saturated carbocycles. The first-order valence-corrected chi connectivity index (χ1v) is 7.85. The van der Waals surface area contributed by atoms with Gasteiger partial charge in [0, 0.05) is 12.1 Å². The van der Waals surface area contributed by atoms with Crippen molar-refractivity contribution in [1.82, 2.24) is 4.90 Å². The fourth-order valence-electron chi connectivity index (χ4n) is 2.97. The molecule has 1 aliphatic heterocycles. The number of benzene rings is 1. The molecule has 1 aromatic rings. The summed E-state index contributed by atoms with van der Waals surface area (Å²) in [5.41, 5.74) is 7.47. The van der Waals surface area contributed by atoms with Crippen LogP contribution in [0.25, 0.3) is 0 Å². The third-order valence-corrected chi connectivity index (χ3v) is 4.27. The highest BCUT2D eigenvalue weighted by Crippen LogP contribution is 2.26. The summed E-state index contributed by atoms with van der Waals surface area (Å²) in [6.45, 7) is 8.26. The van der Waals surface area contributed by atoms with Gasteiger partial charge in [-0.05, 0) is 63.4 Å². The highest BCUT2D eigenvalue weighted by Gasteiger charge is 2.32. The van der Waals surface area contributed by atoms with Gasteiger partial charge >= 0.3 is 0 Å². The van der Waals surface area contributed by atoms with Crippen molar-refractivity contribution >= 4 is 0 Å². The summed E-state index contributed by atoms with van der Waals surface area (Å²) < 4.78 is 5.72. The van der Waals surface area contributed by atoms with Gasteiger partial charge in [0.2, 0.25) is 0 Å². The van der Waals surface area contributed by atoms with Crippen LogP contribution in [0.5, 0.6) is 5.75 Å². The van der Waals surface area contributed by atoms with Gasteiger partial charge in [0.15, 0.2) is 0 Å². The maximum Gasteiger partial charge on any atom is 0.119 e. The van der Waals surface area contributed by atoms with Crippen LogP contribution in [0.4, 0.5) is 0 Å². The molecule has 1 saturated heterocycles. The molecule has 1 atom stereocenters. The Bertz CT molecular complexity index is 415. The summed E-state index contributed by atoms with van der Waals surface area (Å²) in [5, 5.41) is 0. The molecule has 0 radical (unpaired) electrons. The number of rotatable bonds is 7. The fraction of sp³-hybridized carbons (Fsp3) is 0.647. The zero-order valence-electron chi connectivity index (χ0n) is 12.9. The van der Waals surface area contributed by atoms with Crippen molar-refractivity contribution in [3.05, 3.63) is 29.8 Å². The standard InChI is InChI=1S/C17H28N2O/c1-3-11-20-16-8-6-7-15(12-16)13-17(2,14-18)19-9-4-5-10-19/h6-8,12H,3-5,9-11,13-14,18H2,1-2H3. The molecule has 0 bridgehead atoms. The van der Waals surface area contributed by atoms with Gasteiger partial charge in [0.25, 0.3) is 0 Å². The number of nitrogens with two attached hydrogens (primary N) is 1. The number of hydrogen-bond donors (Lipinski definition) is 1. The van der Waals surface area contributed by atoms with Crippen LogP contribution >= 0.6 is 0 Å². The van der Waals surface area contributed by atoms with Crippen molar-refractivity contribution in [2.75, 3.05) is 26.2 Å². The topological polar surface area (TPSA) is 38.5 Å². The number of ether oxygens (including phenoxy) is 1. The molecule has 0 aromatic heterocycles. The van der Waals surface area contributed by atoms with Crippen LogP contribution in [0, 0.1) is 0 Å². The first-order chi connectivity index (χ1) is 9.68. The van der Waals surface area contributed by atoms with Crippen LogP contribution in [-0.2, 0) is 6.42 Å². The van der Waals surface area contributed by atoms with Gasteiger partial charge < -0.3 is 10.5 Å². The van der Waals surface area contributed by atoms with E-state index in [9.17, 15) is 0 Å². The minimum atomic E-state index is 0.0693. The molecular formula is C17H28N2O. The fourth-order valence-corrected chi connectivity index (χ4v) is 2.97. The summed E-state index contributed by atoms with van der Waals surface area (Å²) >= 11 is 0. The minimum Gasteiger partial charge on any atom is -0.494 e. The molecule has 2 rings (SSSR count). The lowest BCUT2D eigenvalue weighted by molar-refractivity contribution is 0.143. The first kappa shape index (κ1) is 15.3. The van der Waals surface area contributed by atoms with Crippen LogP contribution in [0.2, 0.25) is 0 Å². The summed E-state index contributed by atoms with van der Waals surface area (Å²) in [5.74, 6) is 0.977. The van der Waals surface area contributed by atoms with E-state index >= 15 is 0 Å². The van der Waals surface area contributed by atoms with Gasteiger partial charge in [0.1, 0.15) is 5.75 Å². The highest BCUT2D eigenvalue weighted by molar-refractivity contribution is 5.30. The highest BCUT2D eigenvalue weighted by atomic mass is 16.5. The molecule has 0 aliphatic carbocycles. The zero-order valence-corrected chi connectivity index (χ0v) is 12.9. The third kappa shape index (κ3) is 3.74. The molecule has 112 valence electrons. The number of nitrogens with zero attached hydrogens (tertiary/aromatic N) is 1. The summed E-state index contributed by atoms with van der Waals surface area (Å²) in [6.07, 6.45) is 4.63. The zero-order chi connectivity index (χ0) is 14.4. The Morgan fingerprint density at radius 1 is 1.30 bits per heavy atom. The molecule has 1 aliphatic rings. The quantitative estimate of drug-likeness (QED) is 0.832. The monoisotopic (exact) mass is 276 g/mol. The normalized spacial score (nSPS) is 18.9.